The number of rotatable bonds is 10. The van der Waals surface area contributed by atoms with Crippen molar-refractivity contribution in [1.29, 1.82) is 0 Å². The van der Waals surface area contributed by atoms with Gasteiger partial charge in [0.2, 0.25) is 0 Å². The van der Waals surface area contributed by atoms with Crippen molar-refractivity contribution >= 4 is 0 Å². The van der Waals surface area contributed by atoms with E-state index in [-0.39, 0.29) is 11.2 Å². The Morgan fingerprint density at radius 3 is 0.966 bits per heavy atom. The summed E-state index contributed by atoms with van der Waals surface area (Å²) >= 11 is 0. The molecule has 0 heterocycles. The van der Waals surface area contributed by atoms with Gasteiger partial charge in [0, 0.05) is 12.8 Å². The fourth-order valence-corrected chi connectivity index (χ4v) is 4.50. The smallest absolute Gasteiger partial charge is 0.0674 e. The fraction of sp³-hybridized carbons (Fsp3) is 0.571. The van der Waals surface area contributed by atoms with E-state index in [0.29, 0.717) is 0 Å². The Labute approximate surface area is 179 Å². The van der Waals surface area contributed by atoms with Crippen LogP contribution in [0.3, 0.4) is 0 Å². The van der Waals surface area contributed by atoms with Crippen molar-refractivity contribution in [2.24, 2.45) is 0 Å². The summed E-state index contributed by atoms with van der Waals surface area (Å²) in [4.78, 5) is 0. The van der Waals surface area contributed by atoms with Gasteiger partial charge in [0.25, 0.3) is 0 Å². The molecule has 0 saturated carbocycles. The summed E-state index contributed by atoms with van der Waals surface area (Å²) in [6, 6.07) is 14.1. The minimum atomic E-state index is -0.211. The van der Waals surface area contributed by atoms with Gasteiger partial charge in [-0.25, -0.2) is 0 Å². The number of benzene rings is 2. The molecule has 2 aromatic carbocycles. The van der Waals surface area contributed by atoms with Crippen molar-refractivity contribution in [3.63, 3.8) is 0 Å². The molecule has 0 spiro atoms. The van der Waals surface area contributed by atoms with E-state index < -0.39 is 0 Å². The molecule has 0 fully saturated rings. The molecule has 0 aliphatic rings. The summed E-state index contributed by atoms with van der Waals surface area (Å²) in [5.74, 6) is 0. The molecule has 1 nitrogen and oxygen atoms in total. The van der Waals surface area contributed by atoms with Gasteiger partial charge < -0.3 is 4.74 Å². The summed E-state index contributed by atoms with van der Waals surface area (Å²) in [5.41, 5.74) is 8.08. The van der Waals surface area contributed by atoms with E-state index in [4.69, 9.17) is 4.74 Å². The van der Waals surface area contributed by atoms with E-state index >= 15 is 0 Å². The normalized spacial score (nSPS) is 12.4. The number of hydrogen-bond acceptors (Lipinski definition) is 1. The van der Waals surface area contributed by atoms with Gasteiger partial charge in [-0.15, -0.1) is 0 Å². The Morgan fingerprint density at radius 2 is 0.724 bits per heavy atom. The van der Waals surface area contributed by atoms with Gasteiger partial charge in [-0.05, 0) is 86.8 Å². The van der Waals surface area contributed by atoms with Crippen LogP contribution in [-0.4, -0.2) is 11.2 Å². The molecule has 0 N–H and O–H groups in total. The van der Waals surface area contributed by atoms with Crippen molar-refractivity contribution in [1.82, 2.24) is 0 Å². The standard InChI is InChI=1S/C28H42O/c1-9-21-13-22(10-2)16-25(15-21)19-27(5,6)29-28(7,8)20-26-17-23(11-3)14-24(12-4)18-26/h13-18H,9-12,19-20H2,1-8H3. The monoisotopic (exact) mass is 394 g/mol. The number of aryl methyl sites for hydroxylation is 4. The highest BCUT2D eigenvalue weighted by molar-refractivity contribution is 5.32. The first-order valence-electron chi connectivity index (χ1n) is 11.5. The van der Waals surface area contributed by atoms with Crippen LogP contribution in [0.25, 0.3) is 0 Å². The predicted octanol–water partition coefficient (Wildman–Crippen LogP) is 7.30. The molecule has 0 atom stereocenters. The van der Waals surface area contributed by atoms with Gasteiger partial charge in [0.05, 0.1) is 11.2 Å². The lowest BCUT2D eigenvalue weighted by molar-refractivity contribution is -0.121. The number of hydrogen-bond donors (Lipinski definition) is 0. The van der Waals surface area contributed by atoms with E-state index in [2.05, 4.69) is 91.8 Å². The van der Waals surface area contributed by atoms with Crippen LogP contribution in [-0.2, 0) is 43.3 Å². The summed E-state index contributed by atoms with van der Waals surface area (Å²) in [7, 11) is 0. The third kappa shape index (κ3) is 7.30. The molecule has 0 bridgehead atoms. The molecule has 29 heavy (non-hydrogen) atoms. The Kier molecular flexibility index (Phi) is 8.11. The van der Waals surface area contributed by atoms with Gasteiger partial charge in [-0.2, -0.15) is 0 Å². The zero-order chi connectivity index (χ0) is 21.7. The molecule has 0 radical (unpaired) electrons. The lowest BCUT2D eigenvalue weighted by atomic mass is 9.91. The molecule has 0 aliphatic carbocycles. The van der Waals surface area contributed by atoms with Crippen LogP contribution < -0.4 is 0 Å². The molecule has 1 heteroatoms. The van der Waals surface area contributed by atoms with Crippen molar-refractivity contribution in [3.05, 3.63) is 69.8 Å². The molecular formula is C28H42O. The third-order valence-corrected chi connectivity index (χ3v) is 5.67. The average molecular weight is 395 g/mol. The maximum absolute atomic E-state index is 6.73. The lowest BCUT2D eigenvalue weighted by Gasteiger charge is -2.37. The first-order chi connectivity index (χ1) is 13.6. The fourth-order valence-electron chi connectivity index (χ4n) is 4.50. The minimum Gasteiger partial charge on any atom is -0.369 e. The molecule has 0 unspecified atom stereocenters. The highest BCUT2D eigenvalue weighted by Crippen LogP contribution is 2.29. The van der Waals surface area contributed by atoms with Crippen molar-refractivity contribution in [2.45, 2.75) is 105 Å². The van der Waals surface area contributed by atoms with Crippen molar-refractivity contribution in [2.75, 3.05) is 0 Å². The van der Waals surface area contributed by atoms with E-state index in [9.17, 15) is 0 Å². The van der Waals surface area contributed by atoms with Crippen LogP contribution in [0.5, 0.6) is 0 Å². The third-order valence-electron chi connectivity index (χ3n) is 5.67. The van der Waals surface area contributed by atoms with Crippen LogP contribution in [0, 0.1) is 0 Å². The first kappa shape index (κ1) is 23.7. The summed E-state index contributed by atoms with van der Waals surface area (Å²) in [6.07, 6.45) is 6.21. The van der Waals surface area contributed by atoms with Gasteiger partial charge in [0.15, 0.2) is 0 Å². The van der Waals surface area contributed by atoms with Crippen LogP contribution >= 0.6 is 0 Å². The topological polar surface area (TPSA) is 9.23 Å². The minimum absolute atomic E-state index is 0.211. The lowest BCUT2D eigenvalue weighted by Crippen LogP contribution is -2.40. The van der Waals surface area contributed by atoms with Crippen LogP contribution in [0.2, 0.25) is 0 Å². The Morgan fingerprint density at radius 1 is 0.483 bits per heavy atom. The second-order valence-corrected chi connectivity index (χ2v) is 9.70. The van der Waals surface area contributed by atoms with Crippen LogP contribution in [0.15, 0.2) is 36.4 Å². The molecule has 0 amide bonds. The highest BCUT2D eigenvalue weighted by atomic mass is 16.5. The first-order valence-corrected chi connectivity index (χ1v) is 11.5. The predicted molar refractivity (Wildman–Crippen MR) is 127 cm³/mol. The van der Waals surface area contributed by atoms with Gasteiger partial charge in [-0.1, -0.05) is 64.1 Å². The van der Waals surface area contributed by atoms with Crippen molar-refractivity contribution in [3.8, 4) is 0 Å². The Balaban J connectivity index is 2.16. The van der Waals surface area contributed by atoms with Crippen LogP contribution in [0.4, 0.5) is 0 Å². The Bertz CT molecular complexity index is 686. The summed E-state index contributed by atoms with van der Waals surface area (Å²) in [6.45, 7) is 17.9. The molecule has 0 aliphatic heterocycles. The molecule has 0 saturated heterocycles. The zero-order valence-electron chi connectivity index (χ0n) is 20.1. The van der Waals surface area contributed by atoms with E-state index in [1.807, 2.05) is 0 Å². The molecule has 160 valence electrons. The average Bonchev–Trinajstić information content (AvgIpc) is 2.65. The largest absolute Gasteiger partial charge is 0.369 e. The summed E-state index contributed by atoms with van der Waals surface area (Å²) < 4.78 is 6.73. The Hall–Kier alpha value is -1.60. The molecule has 2 rings (SSSR count). The van der Waals surface area contributed by atoms with Gasteiger partial charge >= 0.3 is 0 Å². The molecular weight excluding hydrogens is 352 g/mol. The SMILES string of the molecule is CCc1cc(CC)cc(CC(C)(C)OC(C)(C)Cc2cc(CC)cc(CC)c2)c1. The number of ether oxygens (including phenoxy) is 1. The zero-order valence-corrected chi connectivity index (χ0v) is 20.1. The second-order valence-electron chi connectivity index (χ2n) is 9.70. The summed E-state index contributed by atoms with van der Waals surface area (Å²) in [5, 5.41) is 0. The second kappa shape index (κ2) is 9.94. The maximum Gasteiger partial charge on any atom is 0.0674 e. The molecule has 2 aromatic rings. The van der Waals surface area contributed by atoms with Crippen LogP contribution in [0.1, 0.15) is 88.8 Å². The quantitative estimate of drug-likeness (QED) is 0.411. The van der Waals surface area contributed by atoms with E-state index in [1.54, 1.807) is 0 Å². The van der Waals surface area contributed by atoms with E-state index in [0.717, 1.165) is 38.5 Å². The van der Waals surface area contributed by atoms with Crippen molar-refractivity contribution < 1.29 is 4.74 Å². The van der Waals surface area contributed by atoms with Gasteiger partial charge in [0.1, 0.15) is 0 Å². The maximum atomic E-state index is 6.73. The molecule has 0 aromatic heterocycles. The highest BCUT2D eigenvalue weighted by Gasteiger charge is 2.30. The van der Waals surface area contributed by atoms with E-state index in [1.165, 1.54) is 33.4 Å². The van der Waals surface area contributed by atoms with Gasteiger partial charge in [-0.3, -0.25) is 0 Å².